The molecule has 4 N–H and O–H groups in total. The van der Waals surface area contributed by atoms with Crippen molar-refractivity contribution in [3.63, 3.8) is 0 Å². The lowest BCUT2D eigenvalue weighted by atomic mass is 9.78. The Morgan fingerprint density at radius 2 is 1.77 bits per heavy atom. The molecule has 3 unspecified atom stereocenters. The van der Waals surface area contributed by atoms with Gasteiger partial charge in [-0.05, 0) is 93.9 Å². The first-order valence-electron chi connectivity index (χ1n) is 19.4. The van der Waals surface area contributed by atoms with Crippen LogP contribution in [0.3, 0.4) is 0 Å². The van der Waals surface area contributed by atoms with Gasteiger partial charge in [-0.1, -0.05) is 27.7 Å². The summed E-state index contributed by atoms with van der Waals surface area (Å²) in [5.74, 6) is -3.43. The van der Waals surface area contributed by atoms with E-state index < -0.39 is 77.6 Å². The molecule has 15 nitrogen and oxygen atoms in total. The van der Waals surface area contributed by atoms with Crippen molar-refractivity contribution in [1.29, 1.82) is 0 Å². The molecule has 3 aliphatic rings. The number of ketones is 1. The maximum atomic E-state index is 14.3. The van der Waals surface area contributed by atoms with Crippen LogP contribution in [0, 0.1) is 17.8 Å². The SMILES string of the molecule is CC[C@H]1OC(=O)C(C)C(=O)[C@H](C)[C@@H](O[C@@H]2O[C@H](CNC(=O)CN(C)C(C)C)CC(N(C)C)C2O)[C@](C)(OC)C[C@@H](C)CN[C@H](C)[C@H]2NC(=O)O[C@@]21CC. The number of esters is 1. The molecule has 0 aromatic rings. The summed E-state index contributed by atoms with van der Waals surface area (Å²) in [5, 5.41) is 21.1. The predicted octanol–water partition coefficient (Wildman–Crippen LogP) is 2.08. The van der Waals surface area contributed by atoms with Crippen molar-refractivity contribution in [2.45, 2.75) is 154 Å². The van der Waals surface area contributed by atoms with Crippen LogP contribution < -0.4 is 16.0 Å². The Hall–Kier alpha value is -2.40. The fourth-order valence-corrected chi connectivity index (χ4v) is 8.17. The van der Waals surface area contributed by atoms with E-state index in [1.807, 2.05) is 72.5 Å². The molecule has 0 radical (unpaired) electrons. The Bertz CT molecular complexity index is 1260. The van der Waals surface area contributed by atoms with Crippen molar-refractivity contribution in [2.24, 2.45) is 17.8 Å². The predicted molar refractivity (Wildman–Crippen MR) is 199 cm³/mol. The van der Waals surface area contributed by atoms with E-state index in [1.165, 1.54) is 6.92 Å². The Labute approximate surface area is 316 Å². The third-order valence-corrected chi connectivity index (χ3v) is 11.9. The Balaban J connectivity index is 1.98. The fraction of sp³-hybridized carbons (Fsp3) is 0.895. The molecule has 2 amide bonds. The second-order valence-electron chi connectivity index (χ2n) is 16.3. The number of nitrogens with zero attached hydrogens (tertiary/aromatic N) is 2. The molecule has 0 bridgehead atoms. The maximum Gasteiger partial charge on any atom is 0.408 e. The molecule has 3 heterocycles. The number of carbonyl (C=O) groups excluding carboxylic acids is 4. The quantitative estimate of drug-likeness (QED) is 0.178. The van der Waals surface area contributed by atoms with Crippen LogP contribution in [0.5, 0.6) is 0 Å². The number of amides is 2. The summed E-state index contributed by atoms with van der Waals surface area (Å²) in [6, 6.07) is -0.954. The van der Waals surface area contributed by atoms with Gasteiger partial charge in [-0.15, -0.1) is 0 Å². The van der Waals surface area contributed by atoms with E-state index >= 15 is 0 Å². The van der Waals surface area contributed by atoms with Gasteiger partial charge in [0.1, 0.15) is 18.1 Å². The first-order chi connectivity index (χ1) is 24.7. The molecule has 3 saturated heterocycles. The van der Waals surface area contributed by atoms with Gasteiger partial charge in [-0.3, -0.25) is 19.3 Å². The summed E-state index contributed by atoms with van der Waals surface area (Å²) in [6.07, 6.45) is -3.53. The van der Waals surface area contributed by atoms with Crippen LogP contribution in [0.15, 0.2) is 0 Å². The van der Waals surface area contributed by atoms with Crippen LogP contribution in [-0.4, -0.2) is 153 Å². The van der Waals surface area contributed by atoms with Gasteiger partial charge in [0.25, 0.3) is 0 Å². The molecule has 3 aliphatic heterocycles. The summed E-state index contributed by atoms with van der Waals surface area (Å²) >= 11 is 0. The molecule has 306 valence electrons. The molecule has 15 heteroatoms. The average Bonchev–Trinajstić information content (AvgIpc) is 3.46. The van der Waals surface area contributed by atoms with E-state index in [0.717, 1.165) is 0 Å². The van der Waals surface area contributed by atoms with Crippen molar-refractivity contribution in [1.82, 2.24) is 25.8 Å². The van der Waals surface area contributed by atoms with Crippen molar-refractivity contribution in [2.75, 3.05) is 47.9 Å². The average molecular weight is 756 g/mol. The van der Waals surface area contributed by atoms with Crippen LogP contribution in [0.25, 0.3) is 0 Å². The number of nitrogens with one attached hydrogen (secondary N) is 3. The molecule has 0 aromatic heterocycles. The lowest BCUT2D eigenvalue weighted by Crippen LogP contribution is -2.61. The highest BCUT2D eigenvalue weighted by Crippen LogP contribution is 2.39. The highest BCUT2D eigenvalue weighted by molar-refractivity contribution is 6.00. The number of fused-ring (bicyclic) bond motifs is 1. The van der Waals surface area contributed by atoms with Gasteiger partial charge in [-0.25, -0.2) is 4.79 Å². The van der Waals surface area contributed by atoms with Crippen molar-refractivity contribution in [3.05, 3.63) is 0 Å². The Morgan fingerprint density at radius 1 is 1.11 bits per heavy atom. The third-order valence-electron chi connectivity index (χ3n) is 11.9. The first-order valence-corrected chi connectivity index (χ1v) is 19.4. The van der Waals surface area contributed by atoms with Crippen LogP contribution in [0.2, 0.25) is 0 Å². The number of methoxy groups -OCH3 is 1. The minimum Gasteiger partial charge on any atom is -0.457 e. The van der Waals surface area contributed by atoms with Crippen LogP contribution in [0.4, 0.5) is 4.79 Å². The van der Waals surface area contributed by atoms with E-state index in [1.54, 1.807) is 14.0 Å². The summed E-state index contributed by atoms with van der Waals surface area (Å²) in [5.41, 5.74) is -2.23. The molecule has 13 atom stereocenters. The Morgan fingerprint density at radius 3 is 2.34 bits per heavy atom. The molecule has 53 heavy (non-hydrogen) atoms. The molecule has 0 spiro atoms. The molecule has 3 fully saturated rings. The molecular formula is C38H69N5O10. The van der Waals surface area contributed by atoms with E-state index in [2.05, 4.69) is 22.9 Å². The normalized spacial score (nSPS) is 39.2. The Kier molecular flexibility index (Phi) is 16.1. The summed E-state index contributed by atoms with van der Waals surface area (Å²) < 4.78 is 31.3. The monoisotopic (exact) mass is 756 g/mol. The molecule has 0 aromatic carbocycles. The minimum atomic E-state index is -1.19. The highest BCUT2D eigenvalue weighted by Gasteiger charge is 2.57. The van der Waals surface area contributed by atoms with E-state index in [9.17, 15) is 24.3 Å². The number of aliphatic hydroxyl groups is 1. The number of Topliss-reactive ketones (excluding diaryl/α,β-unsaturated/α-hetero) is 1. The smallest absolute Gasteiger partial charge is 0.408 e. The van der Waals surface area contributed by atoms with Gasteiger partial charge in [-0.2, -0.15) is 0 Å². The number of alkyl carbamates (subject to hydrolysis) is 1. The number of hydrogen-bond acceptors (Lipinski definition) is 13. The van der Waals surface area contributed by atoms with Crippen LogP contribution >= 0.6 is 0 Å². The topological polar surface area (TPSA) is 177 Å². The largest absolute Gasteiger partial charge is 0.457 e. The maximum absolute atomic E-state index is 14.3. The van der Waals surface area contributed by atoms with Crippen LogP contribution in [0.1, 0.15) is 88.0 Å². The number of ether oxygens (including phenoxy) is 5. The second-order valence-corrected chi connectivity index (χ2v) is 16.3. The van der Waals surface area contributed by atoms with Crippen LogP contribution in [-0.2, 0) is 38.1 Å². The lowest BCUT2D eigenvalue weighted by molar-refractivity contribution is -0.296. The summed E-state index contributed by atoms with van der Waals surface area (Å²) in [6.45, 7) is 17.8. The van der Waals surface area contributed by atoms with Gasteiger partial charge < -0.3 is 49.6 Å². The number of cyclic esters (lactones) is 1. The van der Waals surface area contributed by atoms with E-state index in [-0.39, 0.29) is 43.0 Å². The number of likely N-dealkylation sites (N-methyl/N-ethyl adjacent to an activating group) is 2. The van der Waals surface area contributed by atoms with E-state index in [4.69, 9.17) is 23.7 Å². The standard InChI is InChI=1S/C38H69N5O10/c1-14-28-38(15-2)32(41-36(48)53-38)25(8)39-18-22(5)17-37(9,49-13)33(23(6)30(45)24(7)34(47)51-28)52-35-31(46)27(42(10)11)16-26(50-35)19-40-29(44)20-43(12)21(3)4/h21-28,31-33,35,39,46H,14-20H2,1-13H3,(H,40,44)(H,41,48)/t22-,23+,24?,25-,26+,27?,28-,31?,32-,33-,35+,37-,38-/m1/s1. The zero-order chi connectivity index (χ0) is 40.0. The second kappa shape index (κ2) is 19.0. The van der Waals surface area contributed by atoms with Gasteiger partial charge in [0.05, 0.1) is 30.4 Å². The summed E-state index contributed by atoms with van der Waals surface area (Å²) in [4.78, 5) is 57.4. The van der Waals surface area contributed by atoms with Crippen molar-refractivity contribution < 1.29 is 48.0 Å². The van der Waals surface area contributed by atoms with E-state index in [0.29, 0.717) is 32.2 Å². The highest BCUT2D eigenvalue weighted by atomic mass is 16.7. The van der Waals surface area contributed by atoms with Crippen molar-refractivity contribution >= 4 is 23.8 Å². The fourth-order valence-electron chi connectivity index (χ4n) is 8.17. The molecule has 3 rings (SSSR count). The lowest BCUT2D eigenvalue weighted by Gasteiger charge is -2.47. The summed E-state index contributed by atoms with van der Waals surface area (Å²) in [7, 11) is 7.16. The van der Waals surface area contributed by atoms with Gasteiger partial charge in [0.2, 0.25) is 5.91 Å². The first kappa shape index (κ1) is 45.0. The van der Waals surface area contributed by atoms with Crippen molar-refractivity contribution in [3.8, 4) is 0 Å². The van der Waals surface area contributed by atoms with Gasteiger partial charge in [0, 0.05) is 37.7 Å². The van der Waals surface area contributed by atoms with Gasteiger partial charge >= 0.3 is 12.1 Å². The number of carbonyl (C=O) groups is 4. The number of rotatable bonds is 11. The number of hydrogen-bond donors (Lipinski definition) is 4. The van der Waals surface area contributed by atoms with Gasteiger partial charge in [0.15, 0.2) is 17.7 Å². The third kappa shape index (κ3) is 10.5. The zero-order valence-electron chi connectivity index (χ0n) is 34.4. The molecular weight excluding hydrogens is 686 g/mol. The minimum absolute atomic E-state index is 0.0223. The zero-order valence-corrected chi connectivity index (χ0v) is 34.4. The molecule has 0 saturated carbocycles. The number of aliphatic hydroxyl groups excluding tert-OH is 1. The molecule has 0 aliphatic carbocycles.